The summed E-state index contributed by atoms with van der Waals surface area (Å²) in [5.74, 6) is 0.154. The molecule has 0 aromatic heterocycles. The Balaban J connectivity index is 2.80. The first-order chi connectivity index (χ1) is 7.07. The van der Waals surface area contributed by atoms with Crippen molar-refractivity contribution < 1.29 is 8.42 Å². The number of hydrogen-bond acceptors (Lipinski definition) is 2. The van der Waals surface area contributed by atoms with Crippen molar-refractivity contribution in [3.05, 3.63) is 36.8 Å². The average molecular weight is 226 g/mol. The van der Waals surface area contributed by atoms with E-state index in [-0.39, 0.29) is 5.75 Å². The first-order valence-electron chi connectivity index (χ1n) is 4.96. The molecule has 0 heterocycles. The average Bonchev–Trinajstić information content (AvgIpc) is 2.17. The van der Waals surface area contributed by atoms with Crippen molar-refractivity contribution in [2.75, 3.05) is 10.5 Å². The number of nitrogens with one attached hydrogen (secondary N) is 1. The number of sulfonamides is 1. The van der Waals surface area contributed by atoms with E-state index >= 15 is 0 Å². The van der Waals surface area contributed by atoms with Crippen LogP contribution in [0, 0.1) is 6.92 Å². The van der Waals surface area contributed by atoms with E-state index < -0.39 is 10.0 Å². The third-order valence-electron chi connectivity index (χ3n) is 1.96. The molecule has 0 spiro atoms. The maximum atomic E-state index is 11.5. The number of hydrogen-bond donors (Lipinski definition) is 1. The Labute approximate surface area is 91.6 Å². The van der Waals surface area contributed by atoms with Gasteiger partial charge in [-0.05, 0) is 37.5 Å². The van der Waals surface area contributed by atoms with Crippen LogP contribution in [0.5, 0.6) is 0 Å². The molecule has 0 amide bonds. The van der Waals surface area contributed by atoms with Crippen molar-refractivity contribution in [2.24, 2.45) is 0 Å². The van der Waals surface area contributed by atoms with Gasteiger partial charge < -0.3 is 0 Å². The van der Waals surface area contributed by atoms with Crippen LogP contribution in [0.2, 0.25) is 0 Å². The predicted octanol–water partition coefficient (Wildman–Crippen LogP) is 2.21. The molecule has 0 unspecified atom stereocenters. The van der Waals surface area contributed by atoms with Crippen molar-refractivity contribution in [2.45, 2.75) is 19.8 Å². The summed E-state index contributed by atoms with van der Waals surface area (Å²) in [4.78, 5) is 0. The quantitative estimate of drug-likeness (QED) is 0.836. The third-order valence-corrected chi connectivity index (χ3v) is 3.45. The van der Waals surface area contributed by atoms with Crippen molar-refractivity contribution in [1.29, 1.82) is 0 Å². The number of benzene rings is 1. The van der Waals surface area contributed by atoms with Crippen LogP contribution in [0.4, 0.5) is 5.69 Å². The fourth-order valence-corrected chi connectivity index (χ4v) is 2.42. The number of rotatable bonds is 5. The largest absolute Gasteiger partial charge is 0.284 e. The van der Waals surface area contributed by atoms with Crippen LogP contribution in [0.3, 0.4) is 0 Å². The predicted molar refractivity (Wildman–Crippen MR) is 63.2 cm³/mol. The van der Waals surface area contributed by atoms with Gasteiger partial charge in [-0.25, -0.2) is 8.42 Å². The van der Waals surface area contributed by atoms with E-state index in [4.69, 9.17) is 0 Å². The highest BCUT2D eigenvalue weighted by molar-refractivity contribution is 7.92. The van der Waals surface area contributed by atoms with Crippen molar-refractivity contribution in [3.8, 4) is 0 Å². The minimum Gasteiger partial charge on any atom is -0.284 e. The summed E-state index contributed by atoms with van der Waals surface area (Å²) in [7, 11) is -3.18. The van der Waals surface area contributed by atoms with Gasteiger partial charge in [-0.2, -0.15) is 0 Å². The van der Waals surface area contributed by atoms with Crippen LogP contribution in [0.1, 0.15) is 18.9 Å². The molecule has 0 aliphatic carbocycles. The molecule has 1 aromatic rings. The zero-order valence-corrected chi connectivity index (χ0v) is 9.68. The van der Waals surface area contributed by atoms with Crippen molar-refractivity contribution >= 4 is 15.7 Å². The van der Waals surface area contributed by atoms with Gasteiger partial charge in [0.25, 0.3) is 0 Å². The van der Waals surface area contributed by atoms with E-state index in [9.17, 15) is 8.42 Å². The zero-order valence-electron chi connectivity index (χ0n) is 8.86. The molecule has 0 saturated heterocycles. The Morgan fingerprint density at radius 1 is 1.40 bits per heavy atom. The minimum atomic E-state index is -3.18. The first kappa shape index (κ1) is 12.0. The maximum Gasteiger partial charge on any atom is 0.232 e. The normalized spacial score (nSPS) is 11.3. The lowest BCUT2D eigenvalue weighted by Gasteiger charge is -2.07. The third kappa shape index (κ3) is 3.91. The SMILES string of the molecule is [CH2]Cc1cccc(NS(=O)(=O)CCC)c1. The van der Waals surface area contributed by atoms with Gasteiger partial charge in [0.05, 0.1) is 5.75 Å². The fraction of sp³-hybridized carbons (Fsp3) is 0.364. The maximum absolute atomic E-state index is 11.5. The molecule has 1 aromatic carbocycles. The second-order valence-electron chi connectivity index (χ2n) is 3.37. The van der Waals surface area contributed by atoms with Crippen molar-refractivity contribution in [1.82, 2.24) is 0 Å². The molecule has 4 heteroatoms. The van der Waals surface area contributed by atoms with Crippen LogP contribution in [-0.2, 0) is 16.4 Å². The van der Waals surface area contributed by atoms with Crippen LogP contribution >= 0.6 is 0 Å². The van der Waals surface area contributed by atoms with E-state index in [1.807, 2.05) is 19.1 Å². The lowest BCUT2D eigenvalue weighted by Crippen LogP contribution is -2.16. The molecule has 83 valence electrons. The van der Waals surface area contributed by atoms with E-state index in [1.165, 1.54) is 0 Å². The van der Waals surface area contributed by atoms with E-state index in [2.05, 4.69) is 11.6 Å². The van der Waals surface area contributed by atoms with Gasteiger partial charge in [0.2, 0.25) is 10.0 Å². The number of anilines is 1. The summed E-state index contributed by atoms with van der Waals surface area (Å²) in [5, 5.41) is 0. The van der Waals surface area contributed by atoms with Gasteiger partial charge >= 0.3 is 0 Å². The highest BCUT2D eigenvalue weighted by atomic mass is 32.2. The van der Waals surface area contributed by atoms with Gasteiger partial charge in [-0.3, -0.25) is 4.72 Å². The lowest BCUT2D eigenvalue weighted by atomic mass is 10.1. The molecule has 15 heavy (non-hydrogen) atoms. The van der Waals surface area contributed by atoms with Gasteiger partial charge in [0, 0.05) is 5.69 Å². The molecule has 0 atom stereocenters. The summed E-state index contributed by atoms with van der Waals surface area (Å²) in [6.45, 7) is 5.59. The molecule has 0 aliphatic rings. The van der Waals surface area contributed by atoms with Gasteiger partial charge in [-0.1, -0.05) is 19.1 Å². The molecule has 0 bridgehead atoms. The molecule has 0 saturated carbocycles. The summed E-state index contributed by atoms with van der Waals surface area (Å²) < 4.78 is 25.5. The topological polar surface area (TPSA) is 46.2 Å². The summed E-state index contributed by atoms with van der Waals surface area (Å²) in [6, 6.07) is 7.29. The second kappa shape index (κ2) is 5.16. The Bertz CT molecular complexity index is 412. The molecular weight excluding hydrogens is 210 g/mol. The fourth-order valence-electron chi connectivity index (χ4n) is 1.29. The monoisotopic (exact) mass is 226 g/mol. The van der Waals surface area contributed by atoms with Crippen LogP contribution in [0.25, 0.3) is 0 Å². The Kier molecular flexibility index (Phi) is 4.15. The molecule has 1 radical (unpaired) electrons. The second-order valence-corrected chi connectivity index (χ2v) is 5.21. The van der Waals surface area contributed by atoms with Crippen LogP contribution < -0.4 is 4.72 Å². The summed E-state index contributed by atoms with van der Waals surface area (Å²) >= 11 is 0. The highest BCUT2D eigenvalue weighted by Crippen LogP contribution is 2.12. The van der Waals surface area contributed by atoms with Gasteiger partial charge in [0.15, 0.2) is 0 Å². The van der Waals surface area contributed by atoms with Crippen LogP contribution in [0.15, 0.2) is 24.3 Å². The zero-order chi connectivity index (χ0) is 11.3. The molecule has 0 aliphatic heterocycles. The van der Waals surface area contributed by atoms with E-state index in [1.54, 1.807) is 12.1 Å². The van der Waals surface area contributed by atoms with Crippen LogP contribution in [-0.4, -0.2) is 14.2 Å². The Morgan fingerprint density at radius 2 is 2.13 bits per heavy atom. The molecule has 1 rings (SSSR count). The van der Waals surface area contributed by atoms with Gasteiger partial charge in [-0.15, -0.1) is 0 Å². The molecule has 3 nitrogen and oxygen atoms in total. The Hall–Kier alpha value is -1.03. The molecule has 0 fully saturated rings. The highest BCUT2D eigenvalue weighted by Gasteiger charge is 2.08. The Morgan fingerprint density at radius 3 is 2.73 bits per heavy atom. The first-order valence-corrected chi connectivity index (χ1v) is 6.61. The van der Waals surface area contributed by atoms with E-state index in [0.29, 0.717) is 18.5 Å². The molecular formula is C11H16NO2S. The summed E-state index contributed by atoms with van der Waals surface area (Å²) in [6.07, 6.45) is 1.27. The molecule has 1 N–H and O–H groups in total. The summed E-state index contributed by atoms with van der Waals surface area (Å²) in [5.41, 5.74) is 1.64. The van der Waals surface area contributed by atoms with E-state index in [0.717, 1.165) is 5.56 Å². The lowest BCUT2D eigenvalue weighted by molar-refractivity contribution is 0.600. The van der Waals surface area contributed by atoms with Crippen molar-refractivity contribution in [3.63, 3.8) is 0 Å². The standard InChI is InChI=1S/C11H16NO2S/c1-3-8-15(13,14)12-11-7-5-6-10(4-2)9-11/h5-7,9,12H,2-4,8H2,1H3. The smallest absolute Gasteiger partial charge is 0.232 e. The minimum absolute atomic E-state index is 0.154. The van der Waals surface area contributed by atoms with Gasteiger partial charge in [0.1, 0.15) is 0 Å².